The Bertz CT molecular complexity index is 454. The van der Waals surface area contributed by atoms with Gasteiger partial charge in [0.1, 0.15) is 5.82 Å². The van der Waals surface area contributed by atoms with Gasteiger partial charge in [0.2, 0.25) is 10.0 Å². The lowest BCUT2D eigenvalue weighted by atomic mass is 10.1. The highest BCUT2D eigenvalue weighted by atomic mass is 32.2. The molecule has 0 bridgehead atoms. The van der Waals surface area contributed by atoms with Crippen molar-refractivity contribution in [3.8, 4) is 0 Å². The minimum atomic E-state index is -3.48. The van der Waals surface area contributed by atoms with Gasteiger partial charge in [-0.2, -0.15) is 0 Å². The van der Waals surface area contributed by atoms with Crippen LogP contribution in [0.15, 0.2) is 17.0 Å². The summed E-state index contributed by atoms with van der Waals surface area (Å²) in [7, 11) is -2.16. The average molecular weight is 217 g/mol. The predicted molar refractivity (Wildman–Crippen MR) is 52.1 cm³/mol. The van der Waals surface area contributed by atoms with Gasteiger partial charge in [-0.15, -0.1) is 0 Å². The molecule has 78 valence electrons. The first kappa shape index (κ1) is 11.1. The van der Waals surface area contributed by atoms with Crippen molar-refractivity contribution in [3.05, 3.63) is 29.1 Å². The molecule has 1 rings (SSSR count). The fraction of sp³-hybridized carbons (Fsp3) is 0.333. The van der Waals surface area contributed by atoms with Crippen LogP contribution in [0.25, 0.3) is 0 Å². The van der Waals surface area contributed by atoms with Crippen molar-refractivity contribution in [3.63, 3.8) is 0 Å². The van der Waals surface area contributed by atoms with Crippen LogP contribution in [0.2, 0.25) is 0 Å². The summed E-state index contributed by atoms with van der Waals surface area (Å²) in [4.78, 5) is 0.124. The van der Waals surface area contributed by atoms with E-state index in [4.69, 9.17) is 0 Å². The van der Waals surface area contributed by atoms with E-state index < -0.39 is 15.8 Å². The third kappa shape index (κ3) is 1.93. The van der Waals surface area contributed by atoms with E-state index in [2.05, 4.69) is 4.72 Å². The molecule has 0 spiro atoms. The summed E-state index contributed by atoms with van der Waals surface area (Å²) in [6.45, 7) is 3.09. The first-order valence-electron chi connectivity index (χ1n) is 4.09. The molecule has 0 aliphatic rings. The number of sulfonamides is 1. The first-order chi connectivity index (χ1) is 6.38. The molecule has 5 heteroatoms. The SMILES string of the molecule is CNS(=O)(=O)c1cc(C)c(F)cc1C. The fourth-order valence-corrected chi connectivity index (χ4v) is 2.19. The Morgan fingerprint density at radius 2 is 1.79 bits per heavy atom. The van der Waals surface area contributed by atoms with Gasteiger partial charge >= 0.3 is 0 Å². The largest absolute Gasteiger partial charge is 0.240 e. The van der Waals surface area contributed by atoms with E-state index in [0.29, 0.717) is 11.1 Å². The predicted octanol–water partition coefficient (Wildman–Crippen LogP) is 1.35. The highest BCUT2D eigenvalue weighted by Gasteiger charge is 2.15. The van der Waals surface area contributed by atoms with Gasteiger partial charge in [0.15, 0.2) is 0 Å². The van der Waals surface area contributed by atoms with Gasteiger partial charge in [-0.1, -0.05) is 0 Å². The molecule has 0 heterocycles. The quantitative estimate of drug-likeness (QED) is 0.812. The third-order valence-electron chi connectivity index (χ3n) is 2.01. The molecule has 1 aromatic rings. The molecule has 0 radical (unpaired) electrons. The number of hydrogen-bond acceptors (Lipinski definition) is 2. The van der Waals surface area contributed by atoms with Crippen molar-refractivity contribution >= 4 is 10.0 Å². The summed E-state index contributed by atoms with van der Waals surface area (Å²) in [6, 6.07) is 2.55. The fourth-order valence-electron chi connectivity index (χ4n) is 1.15. The molecule has 0 atom stereocenters. The van der Waals surface area contributed by atoms with E-state index in [9.17, 15) is 12.8 Å². The second kappa shape index (κ2) is 3.67. The zero-order chi connectivity index (χ0) is 10.9. The minimum absolute atomic E-state index is 0.124. The third-order valence-corrected chi connectivity index (χ3v) is 3.57. The maximum atomic E-state index is 13.0. The van der Waals surface area contributed by atoms with Crippen molar-refractivity contribution in [2.75, 3.05) is 7.05 Å². The van der Waals surface area contributed by atoms with Crippen LogP contribution in [0.3, 0.4) is 0 Å². The molecule has 0 amide bonds. The molecule has 0 unspecified atom stereocenters. The maximum absolute atomic E-state index is 13.0. The highest BCUT2D eigenvalue weighted by Crippen LogP contribution is 2.18. The summed E-state index contributed by atoms with van der Waals surface area (Å²) in [5.74, 6) is -0.391. The molecule has 1 N–H and O–H groups in total. The van der Waals surface area contributed by atoms with Crippen LogP contribution >= 0.6 is 0 Å². The van der Waals surface area contributed by atoms with Gasteiger partial charge in [-0.25, -0.2) is 17.5 Å². The van der Waals surface area contributed by atoms with E-state index in [-0.39, 0.29) is 4.90 Å². The Balaban J connectivity index is 3.45. The molecule has 14 heavy (non-hydrogen) atoms. The molecule has 0 saturated carbocycles. The van der Waals surface area contributed by atoms with Crippen LogP contribution in [0.5, 0.6) is 0 Å². The second-order valence-electron chi connectivity index (χ2n) is 3.07. The van der Waals surface area contributed by atoms with Crippen LogP contribution in [0.1, 0.15) is 11.1 Å². The Kier molecular flexibility index (Phi) is 2.92. The van der Waals surface area contributed by atoms with E-state index in [1.165, 1.54) is 26.1 Å². The van der Waals surface area contributed by atoms with Crippen molar-refractivity contribution in [2.45, 2.75) is 18.7 Å². The normalized spacial score (nSPS) is 11.7. The second-order valence-corrected chi connectivity index (χ2v) is 4.93. The standard InChI is InChI=1S/C9H12FNO2S/c1-6-5-9(14(12,13)11-3)7(2)4-8(6)10/h4-5,11H,1-3H3. The Morgan fingerprint density at radius 3 is 2.29 bits per heavy atom. The lowest BCUT2D eigenvalue weighted by Gasteiger charge is -2.07. The van der Waals surface area contributed by atoms with E-state index in [0.717, 1.165) is 0 Å². The monoisotopic (exact) mass is 217 g/mol. The Hall–Kier alpha value is -0.940. The Labute approximate surface area is 83.0 Å². The zero-order valence-electron chi connectivity index (χ0n) is 8.26. The van der Waals surface area contributed by atoms with Crippen molar-refractivity contribution in [1.29, 1.82) is 0 Å². The number of benzene rings is 1. The summed E-state index contributed by atoms with van der Waals surface area (Å²) in [5, 5.41) is 0. The number of nitrogens with one attached hydrogen (secondary N) is 1. The molecule has 0 saturated heterocycles. The molecular weight excluding hydrogens is 205 g/mol. The number of aryl methyl sites for hydroxylation is 2. The lowest BCUT2D eigenvalue weighted by molar-refractivity contribution is 0.585. The van der Waals surface area contributed by atoms with Gasteiger partial charge in [-0.05, 0) is 44.2 Å². The van der Waals surface area contributed by atoms with Gasteiger partial charge in [0.05, 0.1) is 4.90 Å². The molecule has 0 aromatic heterocycles. The van der Waals surface area contributed by atoms with E-state index in [1.54, 1.807) is 6.92 Å². The number of rotatable bonds is 2. The molecule has 0 aliphatic heterocycles. The smallest absolute Gasteiger partial charge is 0.214 e. The van der Waals surface area contributed by atoms with Crippen LogP contribution in [0, 0.1) is 19.7 Å². The van der Waals surface area contributed by atoms with Gasteiger partial charge in [0.25, 0.3) is 0 Å². The van der Waals surface area contributed by atoms with Crippen molar-refractivity contribution in [2.24, 2.45) is 0 Å². The summed E-state index contributed by atoms with van der Waals surface area (Å²) in [6.07, 6.45) is 0. The number of hydrogen-bond donors (Lipinski definition) is 1. The van der Waals surface area contributed by atoms with Crippen molar-refractivity contribution in [1.82, 2.24) is 4.72 Å². The molecule has 0 aliphatic carbocycles. The van der Waals surface area contributed by atoms with Crippen LogP contribution in [-0.4, -0.2) is 15.5 Å². The molecule has 3 nitrogen and oxygen atoms in total. The summed E-state index contributed by atoms with van der Waals surface area (Å²) in [5.41, 5.74) is 0.729. The van der Waals surface area contributed by atoms with Crippen molar-refractivity contribution < 1.29 is 12.8 Å². The molecular formula is C9H12FNO2S. The Morgan fingerprint density at radius 1 is 1.21 bits per heavy atom. The van der Waals surface area contributed by atoms with Gasteiger partial charge < -0.3 is 0 Å². The first-order valence-corrected chi connectivity index (χ1v) is 5.57. The lowest BCUT2D eigenvalue weighted by Crippen LogP contribution is -2.19. The number of halogens is 1. The summed E-state index contributed by atoms with van der Waals surface area (Å²) >= 11 is 0. The summed E-state index contributed by atoms with van der Waals surface area (Å²) < 4.78 is 38.1. The highest BCUT2D eigenvalue weighted by molar-refractivity contribution is 7.89. The topological polar surface area (TPSA) is 46.2 Å². The van der Waals surface area contributed by atoms with Crippen LogP contribution in [-0.2, 0) is 10.0 Å². The minimum Gasteiger partial charge on any atom is -0.214 e. The van der Waals surface area contributed by atoms with Gasteiger partial charge in [-0.3, -0.25) is 0 Å². The average Bonchev–Trinajstić information content (AvgIpc) is 2.11. The maximum Gasteiger partial charge on any atom is 0.240 e. The van der Waals surface area contributed by atoms with Crippen LogP contribution in [0.4, 0.5) is 4.39 Å². The molecule has 1 aromatic carbocycles. The van der Waals surface area contributed by atoms with E-state index >= 15 is 0 Å². The van der Waals surface area contributed by atoms with Crippen LogP contribution < -0.4 is 4.72 Å². The van der Waals surface area contributed by atoms with E-state index in [1.807, 2.05) is 0 Å². The molecule has 0 fully saturated rings. The zero-order valence-corrected chi connectivity index (χ0v) is 9.07. The van der Waals surface area contributed by atoms with Gasteiger partial charge in [0, 0.05) is 0 Å².